The van der Waals surface area contributed by atoms with Crippen LogP contribution >= 0.6 is 22.7 Å². The van der Waals surface area contributed by atoms with Crippen molar-refractivity contribution in [1.82, 2.24) is 20.0 Å². The lowest BCUT2D eigenvalue weighted by Gasteiger charge is -2.12. The van der Waals surface area contributed by atoms with E-state index in [9.17, 15) is 0 Å². The Labute approximate surface area is 124 Å². The van der Waals surface area contributed by atoms with Crippen LogP contribution < -0.4 is 0 Å². The van der Waals surface area contributed by atoms with Gasteiger partial charge in [-0.25, -0.2) is 4.98 Å². The second-order valence-electron chi connectivity index (χ2n) is 4.51. The molecule has 3 aromatic rings. The largest absolute Gasteiger partial charge is 0.333 e. The predicted octanol–water partition coefficient (Wildman–Crippen LogP) is 3.20. The summed E-state index contributed by atoms with van der Waals surface area (Å²) in [5.41, 5.74) is 0. The number of thiophene rings is 1. The summed E-state index contributed by atoms with van der Waals surface area (Å²) < 4.78 is 5.28. The Morgan fingerprint density at radius 2 is 2.25 bits per heavy atom. The second-order valence-corrected chi connectivity index (χ2v) is 6.78. The van der Waals surface area contributed by atoms with Crippen LogP contribution in [0.2, 0.25) is 0 Å². The van der Waals surface area contributed by atoms with Gasteiger partial charge in [0.1, 0.15) is 0 Å². The first-order valence-corrected chi connectivity index (χ1v) is 7.86. The van der Waals surface area contributed by atoms with Gasteiger partial charge in [0, 0.05) is 17.6 Å². The van der Waals surface area contributed by atoms with Crippen LogP contribution in [0.1, 0.15) is 15.7 Å². The van der Waals surface area contributed by atoms with Crippen LogP contribution in [0.3, 0.4) is 0 Å². The molecule has 3 heterocycles. The molecule has 0 aromatic carbocycles. The van der Waals surface area contributed by atoms with Gasteiger partial charge in [-0.2, -0.15) is 4.98 Å². The lowest BCUT2D eigenvalue weighted by atomic mass is 10.4. The minimum absolute atomic E-state index is 0.594. The maximum absolute atomic E-state index is 5.28. The number of aryl methyl sites for hydroxylation is 1. The number of nitrogens with zero attached hydrogens (tertiary/aromatic N) is 4. The molecule has 0 fully saturated rings. The maximum atomic E-state index is 5.28. The standard InChI is InChI=1S/C13H14N4OS2/c1-9-14-6-10(20-9)7-17(2)8-12-15-13(18-16-12)11-4-3-5-19-11/h3-6H,7-8H2,1-2H3. The summed E-state index contributed by atoms with van der Waals surface area (Å²) in [6.07, 6.45) is 1.92. The monoisotopic (exact) mass is 306 g/mol. The van der Waals surface area contributed by atoms with Gasteiger partial charge in [0.15, 0.2) is 5.82 Å². The van der Waals surface area contributed by atoms with E-state index < -0.39 is 0 Å². The Morgan fingerprint density at radius 3 is 2.95 bits per heavy atom. The van der Waals surface area contributed by atoms with Crippen LogP contribution in [0.15, 0.2) is 28.2 Å². The fraction of sp³-hybridized carbons (Fsp3) is 0.308. The SMILES string of the molecule is Cc1ncc(CN(C)Cc2noc(-c3cccs3)n2)s1. The lowest BCUT2D eigenvalue weighted by molar-refractivity contribution is 0.304. The molecular formula is C13H14N4OS2. The quantitative estimate of drug-likeness (QED) is 0.724. The van der Waals surface area contributed by atoms with Crippen molar-refractivity contribution in [3.8, 4) is 10.8 Å². The molecule has 0 atom stereocenters. The van der Waals surface area contributed by atoms with E-state index in [2.05, 4.69) is 20.0 Å². The highest BCUT2D eigenvalue weighted by atomic mass is 32.1. The van der Waals surface area contributed by atoms with Crippen LogP contribution in [-0.2, 0) is 13.1 Å². The first-order chi connectivity index (χ1) is 9.70. The minimum atomic E-state index is 0.594. The van der Waals surface area contributed by atoms with E-state index in [1.807, 2.05) is 37.7 Å². The second kappa shape index (κ2) is 5.82. The van der Waals surface area contributed by atoms with Gasteiger partial charge in [-0.15, -0.1) is 22.7 Å². The number of hydrogen-bond acceptors (Lipinski definition) is 7. The molecule has 0 amide bonds. The molecule has 104 valence electrons. The van der Waals surface area contributed by atoms with Crippen LogP contribution in [0.5, 0.6) is 0 Å². The Kier molecular flexibility index (Phi) is 3.90. The van der Waals surface area contributed by atoms with E-state index in [1.54, 1.807) is 22.7 Å². The van der Waals surface area contributed by atoms with Crippen molar-refractivity contribution in [1.29, 1.82) is 0 Å². The highest BCUT2D eigenvalue weighted by Crippen LogP contribution is 2.22. The Hall–Kier alpha value is -1.57. The Morgan fingerprint density at radius 1 is 1.35 bits per heavy atom. The van der Waals surface area contributed by atoms with Gasteiger partial charge in [0.25, 0.3) is 5.89 Å². The van der Waals surface area contributed by atoms with E-state index in [-0.39, 0.29) is 0 Å². The maximum Gasteiger partial charge on any atom is 0.268 e. The molecule has 7 heteroatoms. The van der Waals surface area contributed by atoms with Crippen molar-refractivity contribution in [2.24, 2.45) is 0 Å². The first kappa shape index (κ1) is 13.4. The highest BCUT2D eigenvalue weighted by molar-refractivity contribution is 7.13. The van der Waals surface area contributed by atoms with Crippen molar-refractivity contribution in [3.05, 3.63) is 39.4 Å². The zero-order chi connectivity index (χ0) is 13.9. The van der Waals surface area contributed by atoms with Gasteiger partial charge in [-0.3, -0.25) is 4.90 Å². The van der Waals surface area contributed by atoms with Crippen LogP contribution in [0.4, 0.5) is 0 Å². The summed E-state index contributed by atoms with van der Waals surface area (Å²) in [6, 6.07) is 3.95. The predicted molar refractivity (Wildman–Crippen MR) is 79.6 cm³/mol. The van der Waals surface area contributed by atoms with Crippen LogP contribution in [0.25, 0.3) is 10.8 Å². The molecular weight excluding hydrogens is 292 g/mol. The van der Waals surface area contributed by atoms with E-state index in [0.29, 0.717) is 18.3 Å². The summed E-state index contributed by atoms with van der Waals surface area (Å²) in [5, 5.41) is 7.11. The molecule has 0 unspecified atom stereocenters. The molecule has 5 nitrogen and oxygen atoms in total. The Balaban J connectivity index is 1.63. The molecule has 0 saturated heterocycles. The fourth-order valence-corrected chi connectivity index (χ4v) is 3.38. The topological polar surface area (TPSA) is 55.1 Å². The molecule has 0 aliphatic carbocycles. The molecule has 0 saturated carbocycles. The van der Waals surface area contributed by atoms with Crippen molar-refractivity contribution in [2.45, 2.75) is 20.0 Å². The summed E-state index contributed by atoms with van der Waals surface area (Å²) in [4.78, 5) is 13.1. The lowest BCUT2D eigenvalue weighted by Crippen LogP contribution is -2.17. The van der Waals surface area contributed by atoms with Gasteiger partial charge in [0.2, 0.25) is 0 Å². The van der Waals surface area contributed by atoms with Gasteiger partial charge < -0.3 is 4.52 Å². The molecule has 0 aliphatic rings. The van der Waals surface area contributed by atoms with E-state index in [4.69, 9.17) is 4.52 Å². The zero-order valence-corrected chi connectivity index (χ0v) is 12.9. The number of aromatic nitrogens is 3. The van der Waals surface area contributed by atoms with Gasteiger partial charge >= 0.3 is 0 Å². The average molecular weight is 306 g/mol. The highest BCUT2D eigenvalue weighted by Gasteiger charge is 2.12. The molecule has 0 spiro atoms. The number of hydrogen-bond donors (Lipinski definition) is 0. The van der Waals surface area contributed by atoms with Crippen molar-refractivity contribution in [2.75, 3.05) is 7.05 Å². The minimum Gasteiger partial charge on any atom is -0.333 e. The number of rotatable bonds is 5. The Bertz CT molecular complexity index is 674. The summed E-state index contributed by atoms with van der Waals surface area (Å²) in [7, 11) is 2.04. The molecule has 0 aliphatic heterocycles. The third-order valence-electron chi connectivity index (χ3n) is 2.71. The fourth-order valence-electron chi connectivity index (χ4n) is 1.86. The number of thiazole rings is 1. The van der Waals surface area contributed by atoms with Gasteiger partial charge in [-0.05, 0) is 25.4 Å². The van der Waals surface area contributed by atoms with Gasteiger partial charge in [-0.1, -0.05) is 11.2 Å². The van der Waals surface area contributed by atoms with Crippen LogP contribution in [-0.4, -0.2) is 27.1 Å². The molecule has 3 rings (SSSR count). The van der Waals surface area contributed by atoms with Crippen molar-refractivity contribution in [3.63, 3.8) is 0 Å². The third-order valence-corrected chi connectivity index (χ3v) is 4.46. The molecule has 0 radical (unpaired) electrons. The first-order valence-electron chi connectivity index (χ1n) is 6.17. The van der Waals surface area contributed by atoms with Crippen LogP contribution in [0, 0.1) is 6.92 Å². The summed E-state index contributed by atoms with van der Waals surface area (Å²) >= 11 is 3.31. The van der Waals surface area contributed by atoms with E-state index in [1.165, 1.54) is 4.88 Å². The van der Waals surface area contributed by atoms with Crippen molar-refractivity contribution >= 4 is 22.7 Å². The molecule has 3 aromatic heterocycles. The summed E-state index contributed by atoms with van der Waals surface area (Å²) in [5.74, 6) is 1.30. The van der Waals surface area contributed by atoms with Crippen molar-refractivity contribution < 1.29 is 4.52 Å². The summed E-state index contributed by atoms with van der Waals surface area (Å²) in [6.45, 7) is 3.51. The third kappa shape index (κ3) is 3.12. The van der Waals surface area contributed by atoms with E-state index >= 15 is 0 Å². The zero-order valence-electron chi connectivity index (χ0n) is 11.2. The smallest absolute Gasteiger partial charge is 0.268 e. The van der Waals surface area contributed by atoms with E-state index in [0.717, 1.165) is 16.4 Å². The van der Waals surface area contributed by atoms with Gasteiger partial charge in [0.05, 0.1) is 16.4 Å². The average Bonchev–Trinajstić information content (AvgIpc) is 3.10. The molecule has 20 heavy (non-hydrogen) atoms. The molecule has 0 bridgehead atoms. The molecule has 0 N–H and O–H groups in total. The normalized spacial score (nSPS) is 11.3.